The molecule has 3 rings (SSSR count). The van der Waals surface area contributed by atoms with Crippen LogP contribution in [0, 0.1) is 47.3 Å². The highest BCUT2D eigenvalue weighted by molar-refractivity contribution is 5.96. The van der Waals surface area contributed by atoms with Crippen LogP contribution in [0.1, 0.15) is 96.8 Å². The Labute approximate surface area is 191 Å². The molecule has 2 aliphatic rings. The minimum atomic E-state index is -0.917. The van der Waals surface area contributed by atoms with Gasteiger partial charge in [-0.2, -0.15) is 0 Å². The van der Waals surface area contributed by atoms with Gasteiger partial charge in [0.15, 0.2) is 5.78 Å². The van der Waals surface area contributed by atoms with Crippen LogP contribution in [0.2, 0.25) is 0 Å². The molecular formula is C29H46O2. The lowest BCUT2D eigenvalue weighted by molar-refractivity contribution is -0.145. The Bertz CT molecular complexity index is 675. The van der Waals surface area contributed by atoms with Gasteiger partial charge in [0.05, 0.1) is 5.60 Å². The number of aliphatic hydroxyl groups is 1. The van der Waals surface area contributed by atoms with Crippen LogP contribution in [0.3, 0.4) is 0 Å². The molecule has 0 amide bonds. The van der Waals surface area contributed by atoms with E-state index in [4.69, 9.17) is 0 Å². The van der Waals surface area contributed by atoms with Crippen LogP contribution in [0.15, 0.2) is 30.3 Å². The lowest BCUT2D eigenvalue weighted by Crippen LogP contribution is -2.56. The first-order valence-corrected chi connectivity index (χ1v) is 12.9. The van der Waals surface area contributed by atoms with Crippen molar-refractivity contribution in [2.75, 3.05) is 0 Å². The highest BCUT2D eigenvalue weighted by Gasteiger charge is 2.53. The Morgan fingerprint density at radius 3 is 1.74 bits per heavy atom. The van der Waals surface area contributed by atoms with Gasteiger partial charge in [-0.25, -0.2) is 0 Å². The van der Waals surface area contributed by atoms with E-state index >= 15 is 0 Å². The molecule has 2 heteroatoms. The van der Waals surface area contributed by atoms with Crippen LogP contribution in [0.5, 0.6) is 0 Å². The molecule has 6 atom stereocenters. The van der Waals surface area contributed by atoms with Gasteiger partial charge in [0.25, 0.3) is 0 Å². The zero-order valence-electron chi connectivity index (χ0n) is 20.8. The van der Waals surface area contributed by atoms with Crippen LogP contribution >= 0.6 is 0 Å². The first-order valence-electron chi connectivity index (χ1n) is 12.9. The molecule has 0 heterocycles. The second kappa shape index (κ2) is 10.2. The summed E-state index contributed by atoms with van der Waals surface area (Å²) in [5.41, 5.74) is -0.170. The van der Waals surface area contributed by atoms with E-state index in [0.717, 1.165) is 18.4 Å². The normalized spacial score (nSPS) is 34.0. The molecule has 0 spiro atoms. The van der Waals surface area contributed by atoms with E-state index in [-0.39, 0.29) is 24.0 Å². The van der Waals surface area contributed by atoms with Crippen LogP contribution in [-0.2, 0) is 0 Å². The maximum Gasteiger partial charge on any atom is 0.165 e. The average molecular weight is 427 g/mol. The average Bonchev–Trinajstić information content (AvgIpc) is 2.73. The molecule has 0 saturated heterocycles. The Hall–Kier alpha value is -1.15. The molecule has 2 nitrogen and oxygen atoms in total. The number of hydrogen-bond donors (Lipinski definition) is 1. The zero-order valence-corrected chi connectivity index (χ0v) is 20.8. The standard InChI is InChI=1S/C29H46O2/c1-19(2)24-14-12-21(5)16-26(24)29(31,18-28(30)23-10-8-7-9-11-23)27-17-22(6)13-15-25(27)20(3)4/h7-11,19-22,24-27,31H,12-18H2,1-6H3. The summed E-state index contributed by atoms with van der Waals surface area (Å²) in [6, 6.07) is 9.65. The van der Waals surface area contributed by atoms with Crippen LogP contribution in [0.25, 0.3) is 0 Å². The molecule has 6 unspecified atom stereocenters. The van der Waals surface area contributed by atoms with Crippen molar-refractivity contribution in [2.45, 2.75) is 92.1 Å². The van der Waals surface area contributed by atoms with E-state index in [1.807, 2.05) is 30.3 Å². The molecule has 0 aromatic heterocycles. The van der Waals surface area contributed by atoms with Gasteiger partial charge in [-0.3, -0.25) is 4.79 Å². The van der Waals surface area contributed by atoms with E-state index in [9.17, 15) is 9.90 Å². The van der Waals surface area contributed by atoms with Gasteiger partial charge in [0.1, 0.15) is 0 Å². The lowest BCUT2D eigenvalue weighted by Gasteiger charge is -2.54. The Morgan fingerprint density at radius 1 is 0.871 bits per heavy atom. The fourth-order valence-corrected chi connectivity index (χ4v) is 7.07. The first kappa shape index (κ1) is 24.5. The Balaban J connectivity index is 2.04. The van der Waals surface area contributed by atoms with Crippen molar-refractivity contribution < 1.29 is 9.90 Å². The smallest absolute Gasteiger partial charge is 0.165 e. The van der Waals surface area contributed by atoms with E-state index in [1.54, 1.807) is 0 Å². The summed E-state index contributed by atoms with van der Waals surface area (Å²) < 4.78 is 0. The van der Waals surface area contributed by atoms with Crippen LogP contribution in [0.4, 0.5) is 0 Å². The van der Waals surface area contributed by atoms with Gasteiger partial charge in [-0.15, -0.1) is 0 Å². The molecule has 1 N–H and O–H groups in total. The maximum atomic E-state index is 13.5. The number of carbonyl (C=O) groups is 1. The number of hydrogen-bond acceptors (Lipinski definition) is 2. The third-order valence-corrected chi connectivity index (χ3v) is 8.87. The van der Waals surface area contributed by atoms with Gasteiger partial charge in [0, 0.05) is 12.0 Å². The summed E-state index contributed by atoms with van der Waals surface area (Å²) in [6.07, 6.45) is 7.24. The van der Waals surface area contributed by atoms with E-state index in [1.165, 1.54) is 25.7 Å². The maximum absolute atomic E-state index is 13.5. The molecule has 2 aliphatic carbocycles. The lowest BCUT2D eigenvalue weighted by atomic mass is 9.53. The van der Waals surface area contributed by atoms with E-state index in [2.05, 4.69) is 41.5 Å². The quantitative estimate of drug-likeness (QED) is 0.461. The molecule has 31 heavy (non-hydrogen) atoms. The minimum absolute atomic E-state index is 0.115. The van der Waals surface area contributed by atoms with Crippen molar-refractivity contribution in [1.82, 2.24) is 0 Å². The molecular weight excluding hydrogens is 380 g/mol. The Kier molecular flexibility index (Phi) is 8.05. The highest BCUT2D eigenvalue weighted by Crippen LogP contribution is 2.53. The van der Waals surface area contributed by atoms with Crippen molar-refractivity contribution in [3.05, 3.63) is 35.9 Å². The SMILES string of the molecule is CC1CCC(C(C)C)C(C(O)(CC(=O)c2ccccc2)C2CC(C)CCC2C(C)C)C1. The predicted octanol–water partition coefficient (Wildman–Crippen LogP) is 7.41. The van der Waals surface area contributed by atoms with E-state index in [0.29, 0.717) is 35.5 Å². The van der Waals surface area contributed by atoms with Crippen molar-refractivity contribution in [1.29, 1.82) is 0 Å². The topological polar surface area (TPSA) is 37.3 Å². The highest BCUT2D eigenvalue weighted by atomic mass is 16.3. The van der Waals surface area contributed by atoms with Crippen molar-refractivity contribution >= 4 is 5.78 Å². The second-order valence-corrected chi connectivity index (χ2v) is 11.8. The minimum Gasteiger partial charge on any atom is -0.389 e. The summed E-state index contributed by atoms with van der Waals surface area (Å²) in [5.74, 6) is 3.84. The molecule has 2 saturated carbocycles. The van der Waals surface area contributed by atoms with E-state index < -0.39 is 5.60 Å². The molecule has 2 fully saturated rings. The summed E-state index contributed by atoms with van der Waals surface area (Å²) in [4.78, 5) is 13.5. The van der Waals surface area contributed by atoms with Gasteiger partial charge in [-0.1, -0.05) is 84.7 Å². The predicted molar refractivity (Wildman–Crippen MR) is 130 cm³/mol. The fraction of sp³-hybridized carbons (Fsp3) is 0.759. The monoisotopic (exact) mass is 426 g/mol. The Morgan fingerprint density at radius 2 is 1.32 bits per heavy atom. The molecule has 0 aliphatic heterocycles. The summed E-state index contributed by atoms with van der Waals surface area (Å²) in [6.45, 7) is 13.9. The molecule has 1 aromatic rings. The number of Topliss-reactive ketones (excluding diaryl/α,β-unsaturated/α-hetero) is 1. The van der Waals surface area contributed by atoms with Crippen LogP contribution in [-0.4, -0.2) is 16.5 Å². The van der Waals surface area contributed by atoms with Gasteiger partial charge >= 0.3 is 0 Å². The van der Waals surface area contributed by atoms with Crippen LogP contribution < -0.4 is 0 Å². The first-order chi connectivity index (χ1) is 14.6. The number of benzene rings is 1. The molecule has 174 valence electrons. The second-order valence-electron chi connectivity index (χ2n) is 11.8. The fourth-order valence-electron chi connectivity index (χ4n) is 7.07. The van der Waals surface area contributed by atoms with Crippen molar-refractivity contribution in [2.24, 2.45) is 47.3 Å². The third-order valence-electron chi connectivity index (χ3n) is 8.87. The summed E-state index contributed by atoms with van der Waals surface area (Å²) in [7, 11) is 0. The van der Waals surface area contributed by atoms with Gasteiger partial charge < -0.3 is 5.11 Å². The summed E-state index contributed by atoms with van der Waals surface area (Å²) >= 11 is 0. The number of rotatable bonds is 7. The molecule has 0 bridgehead atoms. The number of ketones is 1. The van der Waals surface area contributed by atoms with Crippen molar-refractivity contribution in [3.8, 4) is 0 Å². The number of carbonyl (C=O) groups excluding carboxylic acids is 1. The largest absolute Gasteiger partial charge is 0.389 e. The van der Waals surface area contributed by atoms with Crippen molar-refractivity contribution in [3.63, 3.8) is 0 Å². The molecule has 0 radical (unpaired) electrons. The summed E-state index contributed by atoms with van der Waals surface area (Å²) in [5, 5.41) is 12.7. The third kappa shape index (κ3) is 5.44. The molecule has 1 aromatic carbocycles. The zero-order chi connectivity index (χ0) is 22.8. The van der Waals surface area contributed by atoms with Gasteiger partial charge in [0.2, 0.25) is 0 Å². The van der Waals surface area contributed by atoms with Gasteiger partial charge in [-0.05, 0) is 73.0 Å².